The lowest BCUT2D eigenvalue weighted by Gasteiger charge is -2.41. The van der Waals surface area contributed by atoms with Gasteiger partial charge in [0.2, 0.25) is 15.9 Å². The third-order valence-corrected chi connectivity index (χ3v) is 9.64. The second kappa shape index (κ2) is 17.8. The van der Waals surface area contributed by atoms with Crippen molar-refractivity contribution in [2.75, 3.05) is 77.1 Å². The number of hydrogen-bond donors (Lipinski definition) is 2. The molecule has 0 radical (unpaired) electrons. The van der Waals surface area contributed by atoms with Crippen LogP contribution < -0.4 is 10.6 Å². The summed E-state index contributed by atoms with van der Waals surface area (Å²) < 4.78 is 31.2. The molecule has 44 heavy (non-hydrogen) atoms. The summed E-state index contributed by atoms with van der Waals surface area (Å²) in [5, 5.41) is 6.73. The highest BCUT2D eigenvalue weighted by Crippen LogP contribution is 2.26. The molecule has 2 aliphatic heterocycles. The monoisotopic (exact) mass is 681 g/mol. The van der Waals surface area contributed by atoms with Crippen LogP contribution in [0.4, 0.5) is 5.82 Å². The Labute approximate surface area is 276 Å². The van der Waals surface area contributed by atoms with Crippen molar-refractivity contribution < 1.29 is 22.7 Å². The molecule has 15 heteroatoms. The summed E-state index contributed by atoms with van der Waals surface area (Å²) >= 11 is 0. The topological polar surface area (TPSA) is 137 Å². The number of nitrogens with zero attached hydrogens (tertiary/aromatic N) is 5. The molecule has 3 rings (SSSR count). The molecule has 2 saturated heterocycles. The molecule has 0 spiro atoms. The number of piperidine rings is 1. The van der Waals surface area contributed by atoms with Crippen LogP contribution in [-0.2, 0) is 25.0 Å². The molecule has 0 aromatic carbocycles. The number of carbonyl (C=O) groups is 2. The fraction of sp³-hybridized carbons (Fsp3) is 0.793. The van der Waals surface area contributed by atoms with Crippen molar-refractivity contribution in [3.8, 4) is 0 Å². The zero-order chi connectivity index (χ0) is 31.1. The van der Waals surface area contributed by atoms with E-state index >= 15 is 0 Å². The number of amides is 2. The third-order valence-electron chi connectivity index (χ3n) is 7.76. The van der Waals surface area contributed by atoms with Crippen molar-refractivity contribution in [1.29, 1.82) is 0 Å². The lowest BCUT2D eigenvalue weighted by Crippen LogP contribution is -2.57. The number of methoxy groups -OCH3 is 1. The zero-order valence-corrected chi connectivity index (χ0v) is 29.7. The lowest BCUT2D eigenvalue weighted by atomic mass is 9.92. The second-order valence-corrected chi connectivity index (χ2v) is 15.0. The third kappa shape index (κ3) is 10.7. The fourth-order valence-corrected chi connectivity index (χ4v) is 6.46. The number of hydrogen-bond acceptors (Lipinski definition) is 9. The Hall–Kier alpha value is -1.77. The van der Waals surface area contributed by atoms with Crippen molar-refractivity contribution in [1.82, 2.24) is 29.4 Å². The van der Waals surface area contributed by atoms with E-state index in [9.17, 15) is 18.0 Å². The first kappa shape index (κ1) is 40.3. The number of carbonyl (C=O) groups excluding carboxylic acids is 2. The van der Waals surface area contributed by atoms with E-state index in [1.807, 2.05) is 25.7 Å². The molecule has 1 aromatic heterocycles. The van der Waals surface area contributed by atoms with Gasteiger partial charge in [-0.2, -0.15) is 4.31 Å². The number of anilines is 1. The van der Waals surface area contributed by atoms with Crippen LogP contribution in [-0.4, -0.2) is 122 Å². The first-order chi connectivity index (χ1) is 19.8. The predicted octanol–water partition coefficient (Wildman–Crippen LogP) is 2.64. The van der Waals surface area contributed by atoms with E-state index in [2.05, 4.69) is 29.5 Å². The summed E-state index contributed by atoms with van der Waals surface area (Å²) in [6.07, 6.45) is 2.93. The van der Waals surface area contributed by atoms with Gasteiger partial charge in [0.1, 0.15) is 17.2 Å². The first-order valence-electron chi connectivity index (χ1n) is 15.2. The van der Waals surface area contributed by atoms with Crippen molar-refractivity contribution in [3.63, 3.8) is 0 Å². The van der Waals surface area contributed by atoms with E-state index in [1.54, 1.807) is 25.1 Å². The minimum atomic E-state index is -3.27. The molecule has 2 amide bonds. The number of sulfonamides is 1. The highest BCUT2D eigenvalue weighted by atomic mass is 35.5. The van der Waals surface area contributed by atoms with E-state index in [-0.39, 0.29) is 65.7 Å². The predicted molar refractivity (Wildman–Crippen MR) is 178 cm³/mol. The standard InChI is InChI=1S/C29H51N7O5S.2ClH/c1-8-42(39,40)35-13-11-34(12-14-35)26(37)22-16-23(18-30-17-22)36(20-21(2)3)27(38)24-19-32-28(29(4,5)6)33-25(24)31-10-9-15-41-7;;/h19,21-23,30H,8-18,20H2,1-7H3,(H,31,32,33);2*1H/t22-,23+;;/m1../s1. The highest BCUT2D eigenvalue weighted by molar-refractivity contribution is 7.89. The summed E-state index contributed by atoms with van der Waals surface area (Å²) in [5.74, 6) is 0.996. The quantitative estimate of drug-likeness (QED) is 0.319. The van der Waals surface area contributed by atoms with Gasteiger partial charge < -0.3 is 25.2 Å². The SMILES string of the molecule is CCS(=O)(=O)N1CCN(C(=O)[C@H]2CNC[C@@H](N(CC(C)C)C(=O)c3cnc(C(C)(C)C)nc3NCCCOC)C2)CC1.Cl.Cl. The largest absolute Gasteiger partial charge is 0.385 e. The summed E-state index contributed by atoms with van der Waals surface area (Å²) in [6.45, 7) is 16.1. The van der Waals surface area contributed by atoms with Gasteiger partial charge in [-0.15, -0.1) is 24.8 Å². The fourth-order valence-electron chi connectivity index (χ4n) is 5.38. The number of ether oxygens (including phenoxy) is 1. The van der Waals surface area contributed by atoms with Crippen LogP contribution in [0.15, 0.2) is 6.20 Å². The van der Waals surface area contributed by atoms with E-state index in [0.29, 0.717) is 82.6 Å². The summed E-state index contributed by atoms with van der Waals surface area (Å²) in [4.78, 5) is 40.7. The van der Waals surface area contributed by atoms with Gasteiger partial charge >= 0.3 is 0 Å². The van der Waals surface area contributed by atoms with Crippen molar-refractivity contribution in [2.24, 2.45) is 11.8 Å². The van der Waals surface area contributed by atoms with Crippen LogP contribution in [0, 0.1) is 11.8 Å². The maximum absolute atomic E-state index is 14.2. The van der Waals surface area contributed by atoms with Gasteiger partial charge in [-0.05, 0) is 25.7 Å². The number of nitrogens with one attached hydrogen (secondary N) is 2. The van der Waals surface area contributed by atoms with Gasteiger partial charge in [0, 0.05) is 83.7 Å². The van der Waals surface area contributed by atoms with E-state index < -0.39 is 10.0 Å². The van der Waals surface area contributed by atoms with Crippen LogP contribution in [0.3, 0.4) is 0 Å². The van der Waals surface area contributed by atoms with E-state index in [0.717, 1.165) is 6.42 Å². The van der Waals surface area contributed by atoms with Crippen LogP contribution >= 0.6 is 24.8 Å². The highest BCUT2D eigenvalue weighted by Gasteiger charge is 2.37. The summed E-state index contributed by atoms with van der Waals surface area (Å²) in [6, 6.07) is -0.187. The maximum Gasteiger partial charge on any atom is 0.259 e. The molecule has 0 unspecified atom stereocenters. The number of rotatable bonds is 12. The van der Waals surface area contributed by atoms with Gasteiger partial charge in [0.05, 0.1) is 11.7 Å². The van der Waals surface area contributed by atoms with Crippen LogP contribution in [0.1, 0.15) is 70.6 Å². The van der Waals surface area contributed by atoms with Crippen molar-refractivity contribution >= 4 is 52.5 Å². The van der Waals surface area contributed by atoms with Crippen LogP contribution in [0.25, 0.3) is 0 Å². The van der Waals surface area contributed by atoms with E-state index in [1.165, 1.54) is 4.31 Å². The lowest BCUT2D eigenvalue weighted by molar-refractivity contribution is -0.137. The average molecular weight is 683 g/mol. The summed E-state index contributed by atoms with van der Waals surface area (Å²) in [7, 11) is -1.61. The molecule has 2 atom stereocenters. The normalized spacial score (nSPS) is 19.6. The van der Waals surface area contributed by atoms with Crippen LogP contribution in [0.5, 0.6) is 0 Å². The Morgan fingerprint density at radius 3 is 2.39 bits per heavy atom. The Kier molecular flexibility index (Phi) is 16.3. The molecule has 12 nitrogen and oxygen atoms in total. The molecule has 2 fully saturated rings. The van der Waals surface area contributed by atoms with Gasteiger partial charge in [-0.3, -0.25) is 9.59 Å². The maximum atomic E-state index is 14.2. The van der Waals surface area contributed by atoms with Gasteiger partial charge in [-0.1, -0.05) is 34.6 Å². The molecule has 0 saturated carbocycles. The smallest absolute Gasteiger partial charge is 0.259 e. The van der Waals surface area contributed by atoms with Crippen molar-refractivity contribution in [2.45, 2.75) is 65.8 Å². The Morgan fingerprint density at radius 2 is 1.82 bits per heavy atom. The number of aromatic nitrogens is 2. The number of halogens is 2. The molecular weight excluding hydrogens is 629 g/mol. The minimum absolute atomic E-state index is 0. The van der Waals surface area contributed by atoms with E-state index in [4.69, 9.17) is 9.72 Å². The molecule has 3 heterocycles. The summed E-state index contributed by atoms with van der Waals surface area (Å²) in [5.41, 5.74) is 0.137. The molecule has 0 aliphatic carbocycles. The Morgan fingerprint density at radius 1 is 1.16 bits per heavy atom. The molecule has 2 N–H and O–H groups in total. The molecule has 254 valence electrons. The van der Waals surface area contributed by atoms with Crippen molar-refractivity contribution in [3.05, 3.63) is 17.6 Å². The average Bonchev–Trinajstić information content (AvgIpc) is 2.97. The van der Waals surface area contributed by atoms with Gasteiger partial charge in [-0.25, -0.2) is 18.4 Å². The Balaban J connectivity index is 0.00000484. The Bertz CT molecular complexity index is 1180. The molecule has 2 aliphatic rings. The molecular formula is C29H53Cl2N7O5S. The molecule has 1 aromatic rings. The zero-order valence-electron chi connectivity index (χ0n) is 27.3. The van der Waals surface area contributed by atoms with Gasteiger partial charge in [0.25, 0.3) is 5.91 Å². The minimum Gasteiger partial charge on any atom is -0.385 e. The van der Waals surface area contributed by atoms with Gasteiger partial charge in [0.15, 0.2) is 0 Å². The first-order valence-corrected chi connectivity index (χ1v) is 16.8. The molecule has 0 bridgehead atoms. The van der Waals surface area contributed by atoms with Crippen LogP contribution in [0.2, 0.25) is 0 Å². The second-order valence-electron chi connectivity index (χ2n) is 12.7. The number of piperazine rings is 1.